The minimum atomic E-state index is -0.678. The van der Waals surface area contributed by atoms with Crippen molar-refractivity contribution >= 4 is 22.9 Å². The van der Waals surface area contributed by atoms with Gasteiger partial charge in [0.25, 0.3) is 0 Å². The number of carbonyl (C=O) groups is 1. The molecule has 9 nitrogen and oxygen atoms in total. The first-order chi connectivity index (χ1) is 13.4. The number of hydrogen-bond donors (Lipinski definition) is 3. The Morgan fingerprint density at radius 1 is 1.11 bits per heavy atom. The molecule has 0 fully saturated rings. The Morgan fingerprint density at radius 3 is 2.57 bits per heavy atom. The summed E-state index contributed by atoms with van der Waals surface area (Å²) in [5.41, 5.74) is 1.60. The highest BCUT2D eigenvalue weighted by Gasteiger charge is 2.08. The number of nitrogens with one attached hydrogen (secondary N) is 3. The molecule has 3 N–H and O–H groups in total. The van der Waals surface area contributed by atoms with E-state index in [1.54, 1.807) is 24.3 Å². The molecule has 0 spiro atoms. The van der Waals surface area contributed by atoms with Crippen molar-refractivity contribution < 1.29 is 4.79 Å². The van der Waals surface area contributed by atoms with Gasteiger partial charge in [-0.1, -0.05) is 12.1 Å². The zero-order valence-electron chi connectivity index (χ0n) is 15.8. The van der Waals surface area contributed by atoms with Gasteiger partial charge in [-0.25, -0.2) is 9.97 Å². The number of rotatable bonds is 7. The lowest BCUT2D eigenvalue weighted by Gasteiger charge is -2.11. The van der Waals surface area contributed by atoms with Gasteiger partial charge >= 0.3 is 11.1 Å². The summed E-state index contributed by atoms with van der Waals surface area (Å²) in [7, 11) is 0. The maximum atomic E-state index is 12.1. The molecule has 0 atom stereocenters. The summed E-state index contributed by atoms with van der Waals surface area (Å²) in [6.07, 6.45) is 0.237. The molecule has 0 aliphatic heterocycles. The fourth-order valence-electron chi connectivity index (χ4n) is 2.93. The third-order valence-corrected chi connectivity index (χ3v) is 4.16. The third kappa shape index (κ3) is 4.61. The van der Waals surface area contributed by atoms with E-state index in [0.717, 1.165) is 11.4 Å². The number of nitrogens with zero attached hydrogens (tertiary/aromatic N) is 3. The molecule has 146 valence electrons. The van der Waals surface area contributed by atoms with E-state index in [0.29, 0.717) is 23.5 Å². The van der Waals surface area contributed by atoms with Crippen LogP contribution in [0.1, 0.15) is 17.8 Å². The Kier molecular flexibility index (Phi) is 5.83. The summed E-state index contributed by atoms with van der Waals surface area (Å²) in [5.74, 6) is 0.325. The number of aryl methyl sites for hydroxylation is 2. The van der Waals surface area contributed by atoms with Crippen molar-refractivity contribution in [2.24, 2.45) is 0 Å². The van der Waals surface area contributed by atoms with E-state index < -0.39 is 11.1 Å². The molecule has 1 amide bonds. The second-order valence-electron chi connectivity index (χ2n) is 6.43. The molecule has 2 aromatic heterocycles. The van der Waals surface area contributed by atoms with E-state index in [1.807, 2.05) is 19.9 Å². The van der Waals surface area contributed by atoms with Crippen LogP contribution in [0.4, 0.5) is 5.95 Å². The zero-order valence-corrected chi connectivity index (χ0v) is 15.8. The van der Waals surface area contributed by atoms with E-state index >= 15 is 0 Å². The minimum absolute atomic E-state index is 0.168. The Bertz CT molecular complexity index is 1100. The highest BCUT2D eigenvalue weighted by Crippen LogP contribution is 2.06. The van der Waals surface area contributed by atoms with Crippen LogP contribution in [0.25, 0.3) is 11.0 Å². The fraction of sp³-hybridized carbons (Fsp3) is 0.316. The standard InChI is InChI=1S/C19H22N6O3/c1-12-11-13(2)23-19(22-12)21-8-7-16(26)20-9-10-25-15-6-4-3-5-14(15)24-17(27)18(25)28/h3-6,11H,7-10H2,1-2H3,(H,20,26)(H,24,27)(H,21,22,23). The normalized spacial score (nSPS) is 10.8. The van der Waals surface area contributed by atoms with Crippen LogP contribution in [-0.2, 0) is 11.3 Å². The predicted molar refractivity (Wildman–Crippen MR) is 106 cm³/mol. The summed E-state index contributed by atoms with van der Waals surface area (Å²) in [6, 6.07) is 8.92. The average molecular weight is 382 g/mol. The maximum absolute atomic E-state index is 12.1. The van der Waals surface area contributed by atoms with Crippen LogP contribution in [0.3, 0.4) is 0 Å². The summed E-state index contributed by atoms with van der Waals surface area (Å²) < 4.78 is 1.37. The summed E-state index contributed by atoms with van der Waals surface area (Å²) in [5, 5.41) is 5.78. The van der Waals surface area contributed by atoms with E-state index in [2.05, 4.69) is 25.6 Å². The SMILES string of the molecule is Cc1cc(C)nc(NCCC(=O)NCCn2c(=O)c(=O)[nH]c3ccccc32)n1. The lowest BCUT2D eigenvalue weighted by atomic mass is 10.3. The lowest BCUT2D eigenvalue weighted by molar-refractivity contribution is -0.120. The molecule has 0 saturated carbocycles. The topological polar surface area (TPSA) is 122 Å². The molecule has 3 aromatic rings. The number of carbonyl (C=O) groups excluding carboxylic acids is 1. The lowest BCUT2D eigenvalue weighted by Crippen LogP contribution is -2.39. The van der Waals surface area contributed by atoms with Crippen LogP contribution >= 0.6 is 0 Å². The number of benzene rings is 1. The number of anilines is 1. The van der Waals surface area contributed by atoms with Gasteiger partial charge in [0.15, 0.2) is 0 Å². The second kappa shape index (κ2) is 8.47. The minimum Gasteiger partial charge on any atom is -0.354 e. The molecule has 9 heteroatoms. The smallest absolute Gasteiger partial charge is 0.316 e. The Labute approximate surface area is 160 Å². The van der Waals surface area contributed by atoms with Crippen molar-refractivity contribution in [2.45, 2.75) is 26.8 Å². The van der Waals surface area contributed by atoms with Gasteiger partial charge in [0.2, 0.25) is 11.9 Å². The first kappa shape index (κ1) is 19.3. The van der Waals surface area contributed by atoms with Crippen molar-refractivity contribution in [3.8, 4) is 0 Å². The molecule has 0 aliphatic rings. The molecule has 2 heterocycles. The zero-order chi connectivity index (χ0) is 20.1. The van der Waals surface area contributed by atoms with Gasteiger partial charge < -0.3 is 20.2 Å². The number of amides is 1. The fourth-order valence-corrected chi connectivity index (χ4v) is 2.93. The van der Waals surface area contributed by atoms with Crippen molar-refractivity contribution in [1.29, 1.82) is 0 Å². The van der Waals surface area contributed by atoms with Gasteiger partial charge in [-0.15, -0.1) is 0 Å². The van der Waals surface area contributed by atoms with Crippen molar-refractivity contribution in [3.63, 3.8) is 0 Å². The third-order valence-electron chi connectivity index (χ3n) is 4.16. The van der Waals surface area contributed by atoms with Crippen molar-refractivity contribution in [1.82, 2.24) is 24.8 Å². The number of para-hydroxylation sites is 2. The van der Waals surface area contributed by atoms with Crippen LogP contribution in [0, 0.1) is 13.8 Å². The number of aromatic amines is 1. The molecule has 1 aromatic carbocycles. The van der Waals surface area contributed by atoms with Crippen LogP contribution in [0.5, 0.6) is 0 Å². The average Bonchev–Trinajstić information content (AvgIpc) is 2.64. The van der Waals surface area contributed by atoms with Gasteiger partial charge in [0, 0.05) is 37.4 Å². The molecular formula is C19H22N6O3. The van der Waals surface area contributed by atoms with Crippen molar-refractivity contribution in [2.75, 3.05) is 18.4 Å². The number of hydrogen-bond acceptors (Lipinski definition) is 6. The number of H-pyrrole nitrogens is 1. The van der Waals surface area contributed by atoms with E-state index in [4.69, 9.17) is 0 Å². The second-order valence-corrected chi connectivity index (χ2v) is 6.43. The van der Waals surface area contributed by atoms with Crippen LogP contribution in [-0.4, -0.2) is 38.5 Å². The molecule has 28 heavy (non-hydrogen) atoms. The first-order valence-electron chi connectivity index (χ1n) is 8.99. The van der Waals surface area contributed by atoms with Gasteiger partial charge in [-0.05, 0) is 32.0 Å². The molecule has 0 saturated heterocycles. The van der Waals surface area contributed by atoms with Gasteiger partial charge in [-0.3, -0.25) is 14.4 Å². The number of aromatic nitrogens is 4. The van der Waals surface area contributed by atoms with Gasteiger partial charge in [0.05, 0.1) is 11.0 Å². The Morgan fingerprint density at radius 2 is 1.82 bits per heavy atom. The number of fused-ring (bicyclic) bond motifs is 1. The highest BCUT2D eigenvalue weighted by molar-refractivity contribution is 5.76. The summed E-state index contributed by atoms with van der Waals surface area (Å²) in [4.78, 5) is 47.0. The van der Waals surface area contributed by atoms with E-state index in [9.17, 15) is 14.4 Å². The molecular weight excluding hydrogens is 360 g/mol. The van der Waals surface area contributed by atoms with Crippen LogP contribution in [0.2, 0.25) is 0 Å². The maximum Gasteiger partial charge on any atom is 0.316 e. The predicted octanol–water partition coefficient (Wildman–Crippen LogP) is 0.715. The largest absolute Gasteiger partial charge is 0.354 e. The monoisotopic (exact) mass is 382 g/mol. The van der Waals surface area contributed by atoms with Gasteiger partial charge in [-0.2, -0.15) is 0 Å². The molecule has 0 bridgehead atoms. The summed E-state index contributed by atoms with van der Waals surface area (Å²) in [6.45, 7) is 4.61. The van der Waals surface area contributed by atoms with Crippen LogP contribution in [0.15, 0.2) is 39.9 Å². The first-order valence-corrected chi connectivity index (χ1v) is 8.99. The molecule has 0 unspecified atom stereocenters. The molecule has 3 rings (SSSR count). The van der Waals surface area contributed by atoms with Gasteiger partial charge in [0.1, 0.15) is 0 Å². The highest BCUT2D eigenvalue weighted by atomic mass is 16.2. The van der Waals surface area contributed by atoms with E-state index in [1.165, 1.54) is 4.57 Å². The quantitative estimate of drug-likeness (QED) is 0.518. The van der Waals surface area contributed by atoms with E-state index in [-0.39, 0.29) is 25.4 Å². The molecule has 0 radical (unpaired) electrons. The Balaban J connectivity index is 1.53. The Hall–Kier alpha value is -3.49. The van der Waals surface area contributed by atoms with Crippen LogP contribution < -0.4 is 21.8 Å². The summed E-state index contributed by atoms with van der Waals surface area (Å²) >= 11 is 0. The molecule has 0 aliphatic carbocycles. The van der Waals surface area contributed by atoms with Crippen molar-refractivity contribution in [3.05, 3.63) is 62.4 Å².